The van der Waals surface area contributed by atoms with Crippen LogP contribution in [0.15, 0.2) is 59.9 Å². The van der Waals surface area contributed by atoms with Gasteiger partial charge in [-0.05, 0) is 50.1 Å². The van der Waals surface area contributed by atoms with E-state index in [9.17, 15) is 4.79 Å². The number of nitrogens with one attached hydrogen (secondary N) is 2. The van der Waals surface area contributed by atoms with Gasteiger partial charge < -0.3 is 15.0 Å². The number of thioether (sulfide) groups is 1. The Balaban J connectivity index is 1.46. The Labute approximate surface area is 200 Å². The van der Waals surface area contributed by atoms with Crippen molar-refractivity contribution in [2.45, 2.75) is 36.3 Å². The maximum Gasteiger partial charge on any atom is 0.233 e. The lowest BCUT2D eigenvalue weighted by molar-refractivity contribution is -0.120. The van der Waals surface area contributed by atoms with E-state index in [1.807, 2.05) is 60.2 Å². The summed E-state index contributed by atoms with van der Waals surface area (Å²) in [5.74, 6) is 0.652. The summed E-state index contributed by atoms with van der Waals surface area (Å²) in [7, 11) is 0. The molecule has 0 bridgehead atoms. The largest absolute Gasteiger partial charge is 0.376 e. The van der Waals surface area contributed by atoms with E-state index in [-0.39, 0.29) is 17.3 Å². The van der Waals surface area contributed by atoms with Crippen molar-refractivity contribution in [1.82, 2.24) is 25.1 Å². The van der Waals surface area contributed by atoms with E-state index < -0.39 is 0 Å². The Morgan fingerprint density at radius 2 is 2.09 bits per heavy atom. The van der Waals surface area contributed by atoms with E-state index in [0.717, 1.165) is 41.6 Å². The number of hydrogen-bond donors (Lipinski definition) is 2. The van der Waals surface area contributed by atoms with Crippen LogP contribution in [0, 0.1) is 0 Å². The SMILES string of the molecule is C[C@@H](Sc1nnc(-c2c[nH]c3ccccc23)n1-c1ccc(Cl)cc1)C(=O)NC[C@@H]1CCCO1. The number of carbonyl (C=O) groups excluding carboxylic acids is 1. The number of H-pyrrole nitrogens is 1. The van der Waals surface area contributed by atoms with Gasteiger partial charge in [0.25, 0.3) is 0 Å². The first-order valence-corrected chi connectivity index (χ1v) is 12.2. The molecule has 3 heterocycles. The summed E-state index contributed by atoms with van der Waals surface area (Å²) < 4.78 is 7.58. The minimum atomic E-state index is -0.350. The topological polar surface area (TPSA) is 84.8 Å². The molecule has 2 aromatic heterocycles. The highest BCUT2D eigenvalue weighted by molar-refractivity contribution is 8.00. The minimum Gasteiger partial charge on any atom is -0.376 e. The summed E-state index contributed by atoms with van der Waals surface area (Å²) in [5.41, 5.74) is 2.84. The smallest absolute Gasteiger partial charge is 0.233 e. The lowest BCUT2D eigenvalue weighted by atomic mass is 10.1. The lowest BCUT2D eigenvalue weighted by Crippen LogP contribution is -2.36. The van der Waals surface area contributed by atoms with Crippen molar-refractivity contribution in [3.63, 3.8) is 0 Å². The average Bonchev–Trinajstić information content (AvgIpc) is 3.58. The minimum absolute atomic E-state index is 0.0465. The number of fused-ring (bicyclic) bond motifs is 1. The molecule has 7 nitrogen and oxygen atoms in total. The second-order valence-electron chi connectivity index (χ2n) is 8.01. The Bertz CT molecular complexity index is 1260. The van der Waals surface area contributed by atoms with E-state index in [1.165, 1.54) is 11.8 Å². The zero-order chi connectivity index (χ0) is 22.8. The molecule has 1 saturated heterocycles. The maximum atomic E-state index is 12.7. The van der Waals surface area contributed by atoms with Crippen molar-refractivity contribution in [2.24, 2.45) is 0 Å². The summed E-state index contributed by atoms with van der Waals surface area (Å²) >= 11 is 7.51. The number of aromatic amines is 1. The van der Waals surface area contributed by atoms with Crippen LogP contribution in [-0.4, -0.2) is 50.2 Å². The highest BCUT2D eigenvalue weighted by Crippen LogP contribution is 2.34. The summed E-state index contributed by atoms with van der Waals surface area (Å²) in [4.78, 5) is 16.0. The number of ether oxygens (including phenoxy) is 1. The average molecular weight is 482 g/mol. The van der Waals surface area contributed by atoms with Gasteiger partial charge in [-0.2, -0.15) is 0 Å². The molecule has 1 aliphatic rings. The molecule has 33 heavy (non-hydrogen) atoms. The van der Waals surface area contributed by atoms with Crippen molar-refractivity contribution < 1.29 is 9.53 Å². The molecule has 0 radical (unpaired) electrons. The molecule has 2 N–H and O–H groups in total. The predicted octanol–water partition coefficient (Wildman–Crippen LogP) is 4.84. The van der Waals surface area contributed by atoms with Crippen molar-refractivity contribution >= 4 is 40.2 Å². The first-order valence-electron chi connectivity index (χ1n) is 10.9. The molecular formula is C24H24ClN5O2S. The van der Waals surface area contributed by atoms with Crippen LogP contribution >= 0.6 is 23.4 Å². The molecule has 4 aromatic rings. The number of benzene rings is 2. The molecule has 1 fully saturated rings. The number of amides is 1. The van der Waals surface area contributed by atoms with E-state index in [4.69, 9.17) is 16.3 Å². The normalized spacial score (nSPS) is 16.8. The zero-order valence-electron chi connectivity index (χ0n) is 18.1. The fourth-order valence-corrected chi connectivity index (χ4v) is 4.99. The van der Waals surface area contributed by atoms with Crippen molar-refractivity contribution in [2.75, 3.05) is 13.2 Å². The van der Waals surface area contributed by atoms with Crippen LogP contribution in [0.5, 0.6) is 0 Å². The molecular weight excluding hydrogens is 458 g/mol. The number of hydrogen-bond acceptors (Lipinski definition) is 5. The van der Waals surface area contributed by atoms with Gasteiger partial charge in [0.2, 0.25) is 5.91 Å². The third-order valence-electron chi connectivity index (χ3n) is 5.73. The van der Waals surface area contributed by atoms with Crippen molar-refractivity contribution in [1.29, 1.82) is 0 Å². The van der Waals surface area contributed by atoms with Crippen molar-refractivity contribution in [3.8, 4) is 17.1 Å². The molecule has 2 aromatic carbocycles. The molecule has 0 unspecified atom stereocenters. The molecule has 0 aliphatic carbocycles. The Kier molecular flexibility index (Phi) is 6.39. The third-order valence-corrected chi connectivity index (χ3v) is 7.02. The number of aromatic nitrogens is 4. The van der Waals surface area contributed by atoms with Crippen LogP contribution in [0.4, 0.5) is 0 Å². The maximum absolute atomic E-state index is 12.7. The molecule has 1 amide bonds. The van der Waals surface area contributed by atoms with Crippen molar-refractivity contribution in [3.05, 3.63) is 59.8 Å². The first kappa shape index (κ1) is 22.0. The van der Waals surface area contributed by atoms with Gasteiger partial charge in [-0.15, -0.1) is 10.2 Å². The molecule has 0 saturated carbocycles. The number of rotatable bonds is 7. The monoisotopic (exact) mass is 481 g/mol. The summed E-state index contributed by atoms with van der Waals surface area (Å²) in [6.07, 6.45) is 4.08. The standard InChI is InChI=1S/C24H24ClN5O2S/c1-15(23(31)27-13-18-5-4-12-32-18)33-24-29-28-22(30(24)17-10-8-16(25)9-11-17)20-14-26-21-7-3-2-6-19(20)21/h2-3,6-11,14-15,18,26H,4-5,12-13H2,1H3,(H,27,31)/t15-,18+/m1/s1. The van der Waals surface area contributed by atoms with Gasteiger partial charge in [-0.1, -0.05) is 41.6 Å². The van der Waals surface area contributed by atoms with Gasteiger partial charge in [0.15, 0.2) is 11.0 Å². The quantitative estimate of drug-likeness (QED) is 0.369. The predicted molar refractivity (Wildman–Crippen MR) is 131 cm³/mol. The van der Waals surface area contributed by atoms with E-state index in [2.05, 4.69) is 26.6 Å². The fraction of sp³-hybridized carbons (Fsp3) is 0.292. The Morgan fingerprint density at radius 3 is 2.88 bits per heavy atom. The zero-order valence-corrected chi connectivity index (χ0v) is 19.7. The number of halogens is 1. The van der Waals surface area contributed by atoms with Gasteiger partial charge in [0, 0.05) is 46.5 Å². The summed E-state index contributed by atoms with van der Waals surface area (Å²) in [6, 6.07) is 15.6. The molecule has 1 aliphatic heterocycles. The molecule has 0 spiro atoms. The van der Waals surface area contributed by atoms with E-state index >= 15 is 0 Å². The van der Waals surface area contributed by atoms with Crippen LogP contribution in [0.2, 0.25) is 5.02 Å². The van der Waals surface area contributed by atoms with Gasteiger partial charge in [0.05, 0.1) is 11.4 Å². The number of carbonyl (C=O) groups is 1. The van der Waals surface area contributed by atoms with Gasteiger partial charge >= 0.3 is 0 Å². The summed E-state index contributed by atoms with van der Waals surface area (Å²) in [5, 5.41) is 14.0. The van der Waals surface area contributed by atoms with E-state index in [0.29, 0.717) is 22.5 Å². The van der Waals surface area contributed by atoms with Crippen LogP contribution in [0.1, 0.15) is 19.8 Å². The molecule has 9 heteroatoms. The van der Waals surface area contributed by atoms with Gasteiger partial charge in [0.1, 0.15) is 0 Å². The number of nitrogens with zero attached hydrogens (tertiary/aromatic N) is 3. The lowest BCUT2D eigenvalue weighted by Gasteiger charge is -2.15. The Hall–Kier alpha value is -2.81. The van der Waals surface area contributed by atoms with Crippen LogP contribution in [-0.2, 0) is 9.53 Å². The van der Waals surface area contributed by atoms with E-state index in [1.54, 1.807) is 0 Å². The molecule has 170 valence electrons. The molecule has 5 rings (SSSR count). The first-order chi connectivity index (χ1) is 16.1. The molecule has 2 atom stereocenters. The third kappa shape index (κ3) is 4.64. The second kappa shape index (κ2) is 9.59. The highest BCUT2D eigenvalue weighted by Gasteiger charge is 2.24. The Morgan fingerprint density at radius 1 is 1.27 bits per heavy atom. The van der Waals surface area contributed by atoms with Crippen LogP contribution in [0.3, 0.4) is 0 Å². The fourth-order valence-electron chi connectivity index (χ4n) is 3.98. The van der Waals surface area contributed by atoms with Gasteiger partial charge in [-0.25, -0.2) is 0 Å². The van der Waals surface area contributed by atoms with Gasteiger partial charge in [-0.3, -0.25) is 9.36 Å². The highest BCUT2D eigenvalue weighted by atomic mass is 35.5. The summed E-state index contributed by atoms with van der Waals surface area (Å²) in [6.45, 7) is 3.18. The number of para-hydroxylation sites is 1. The van der Waals surface area contributed by atoms with Crippen LogP contribution in [0.25, 0.3) is 28.0 Å². The van der Waals surface area contributed by atoms with Crippen LogP contribution < -0.4 is 5.32 Å². The second-order valence-corrected chi connectivity index (χ2v) is 9.75.